The van der Waals surface area contributed by atoms with Crippen LogP contribution in [0.2, 0.25) is 0 Å². The molecule has 1 amide bonds. The van der Waals surface area contributed by atoms with E-state index in [2.05, 4.69) is 20.5 Å². The Labute approximate surface area is 240 Å². The number of ether oxygens (including phenoxy) is 1. The molecule has 8 nitrogen and oxygen atoms in total. The first-order valence-corrected chi connectivity index (χ1v) is 13.8. The highest BCUT2D eigenvalue weighted by Gasteiger charge is 2.40. The molecule has 0 aliphatic carbocycles. The number of nitrogens with one attached hydrogen (secondary N) is 2. The molecule has 0 radical (unpaired) electrons. The van der Waals surface area contributed by atoms with Gasteiger partial charge in [-0.25, -0.2) is 13.8 Å². The van der Waals surface area contributed by atoms with E-state index in [1.807, 2.05) is 25.8 Å². The van der Waals surface area contributed by atoms with Gasteiger partial charge >= 0.3 is 6.18 Å². The predicted octanol–water partition coefficient (Wildman–Crippen LogP) is 4.31. The van der Waals surface area contributed by atoms with Crippen molar-refractivity contribution >= 4 is 23.1 Å². The number of dihydropyridines is 1. The van der Waals surface area contributed by atoms with Gasteiger partial charge in [0.1, 0.15) is 17.3 Å². The molecule has 2 fully saturated rings. The van der Waals surface area contributed by atoms with Crippen LogP contribution in [-0.2, 0) is 9.53 Å². The second-order valence-corrected chi connectivity index (χ2v) is 10.7. The van der Waals surface area contributed by atoms with Crippen LogP contribution in [0.4, 0.5) is 39.1 Å². The topological polar surface area (TPSA) is 73.0 Å². The molecule has 3 aliphatic heterocycles. The number of pyridine rings is 1. The van der Waals surface area contributed by atoms with E-state index in [1.54, 1.807) is 11.0 Å². The third-order valence-corrected chi connectivity index (χ3v) is 8.02. The van der Waals surface area contributed by atoms with Crippen molar-refractivity contribution < 1.29 is 31.5 Å². The Bertz CT molecular complexity index is 1390. The minimum Gasteiger partial charge on any atom is -0.387 e. The molecule has 0 saturated carbocycles. The number of piperazine rings is 1. The Morgan fingerprint density at radius 1 is 1.10 bits per heavy atom. The molecule has 42 heavy (non-hydrogen) atoms. The van der Waals surface area contributed by atoms with E-state index < -0.39 is 46.1 Å². The van der Waals surface area contributed by atoms with Gasteiger partial charge in [0.2, 0.25) is 0 Å². The van der Waals surface area contributed by atoms with E-state index in [0.29, 0.717) is 45.2 Å². The summed E-state index contributed by atoms with van der Waals surface area (Å²) >= 11 is 0. The van der Waals surface area contributed by atoms with Gasteiger partial charge in [-0.3, -0.25) is 9.69 Å². The number of nitrogens with zero attached hydrogens (tertiary/aromatic N) is 4. The fourth-order valence-electron chi connectivity index (χ4n) is 5.53. The van der Waals surface area contributed by atoms with Gasteiger partial charge in [-0.1, -0.05) is 6.08 Å². The lowest BCUT2D eigenvalue weighted by atomic mass is 10.00. The molecule has 0 unspecified atom stereocenters. The number of benzene rings is 1. The van der Waals surface area contributed by atoms with Gasteiger partial charge in [-0.05, 0) is 38.6 Å². The summed E-state index contributed by atoms with van der Waals surface area (Å²) < 4.78 is 78.9. The first-order valence-electron chi connectivity index (χ1n) is 13.8. The van der Waals surface area contributed by atoms with Crippen LogP contribution >= 0.6 is 0 Å². The molecule has 2 N–H and O–H groups in total. The number of hydrogen-bond acceptors (Lipinski definition) is 7. The quantitative estimate of drug-likeness (QED) is 0.502. The molecule has 5 rings (SSSR count). The van der Waals surface area contributed by atoms with Crippen molar-refractivity contribution in [1.29, 1.82) is 0 Å². The van der Waals surface area contributed by atoms with Crippen molar-refractivity contribution in [2.24, 2.45) is 0 Å². The van der Waals surface area contributed by atoms with Crippen LogP contribution in [0.15, 0.2) is 47.8 Å². The Morgan fingerprint density at radius 3 is 2.45 bits per heavy atom. The van der Waals surface area contributed by atoms with E-state index in [0.717, 1.165) is 18.3 Å². The smallest absolute Gasteiger partial charge is 0.387 e. The van der Waals surface area contributed by atoms with E-state index in [4.69, 9.17) is 4.74 Å². The van der Waals surface area contributed by atoms with Gasteiger partial charge in [0.15, 0.2) is 5.82 Å². The third-order valence-electron chi connectivity index (χ3n) is 8.02. The number of amides is 1. The number of aromatic nitrogens is 1. The molecule has 3 aliphatic rings. The molecule has 226 valence electrons. The zero-order valence-electron chi connectivity index (χ0n) is 23.6. The number of alkyl halides is 3. The lowest BCUT2D eigenvalue weighted by Gasteiger charge is -2.44. The number of halogens is 5. The maximum Gasteiger partial charge on any atom is 0.416 e. The molecule has 13 heteroatoms. The van der Waals surface area contributed by atoms with Crippen molar-refractivity contribution in [2.75, 3.05) is 68.1 Å². The Morgan fingerprint density at radius 2 is 1.79 bits per heavy atom. The van der Waals surface area contributed by atoms with Gasteiger partial charge in [-0.15, -0.1) is 0 Å². The first kappa shape index (κ1) is 29.8. The van der Waals surface area contributed by atoms with Crippen LogP contribution in [0.1, 0.15) is 13.8 Å². The molecule has 2 saturated heterocycles. The number of rotatable bonds is 5. The summed E-state index contributed by atoms with van der Waals surface area (Å²) in [7, 11) is 1.95. The van der Waals surface area contributed by atoms with Crippen LogP contribution in [0.5, 0.6) is 0 Å². The number of hydrogen-bond donors (Lipinski definition) is 2. The second-order valence-electron chi connectivity index (χ2n) is 10.7. The molecule has 1 aromatic carbocycles. The molecule has 0 bridgehead atoms. The largest absolute Gasteiger partial charge is 0.416 e. The Balaban J connectivity index is 1.59. The van der Waals surface area contributed by atoms with Crippen molar-refractivity contribution in [3.63, 3.8) is 0 Å². The highest BCUT2D eigenvalue weighted by atomic mass is 19.4. The minimum absolute atomic E-state index is 0.00407. The SMILES string of the molecule is C[C@@H]1CN(c2cc(F)c(-c3ccnc(N4CCOCC4)c3)c(F)c2NC(=O)C2=CNCC=C2C(F)(F)F)C[C@H](C)N1C. The van der Waals surface area contributed by atoms with E-state index in [9.17, 15) is 18.0 Å². The summed E-state index contributed by atoms with van der Waals surface area (Å²) in [6, 6.07) is 4.15. The zero-order valence-corrected chi connectivity index (χ0v) is 23.6. The summed E-state index contributed by atoms with van der Waals surface area (Å²) in [5.41, 5.74) is -2.39. The van der Waals surface area contributed by atoms with Crippen LogP contribution in [0.25, 0.3) is 11.1 Å². The van der Waals surface area contributed by atoms with E-state index >= 15 is 8.78 Å². The Kier molecular flexibility index (Phi) is 8.42. The van der Waals surface area contributed by atoms with Crippen LogP contribution < -0.4 is 20.4 Å². The van der Waals surface area contributed by atoms with Gasteiger partial charge in [0, 0.05) is 63.3 Å². The molecular formula is C29H33F5N6O2. The number of carbonyl (C=O) groups is 1. The van der Waals surface area contributed by atoms with Gasteiger partial charge in [-0.2, -0.15) is 13.2 Å². The number of carbonyl (C=O) groups excluding carboxylic acids is 1. The van der Waals surface area contributed by atoms with Crippen LogP contribution in [0.3, 0.4) is 0 Å². The van der Waals surface area contributed by atoms with E-state index in [-0.39, 0.29) is 29.9 Å². The molecule has 4 heterocycles. The summed E-state index contributed by atoms with van der Waals surface area (Å²) in [5.74, 6) is -2.61. The van der Waals surface area contributed by atoms with Crippen molar-refractivity contribution in [3.05, 3.63) is 59.5 Å². The maximum atomic E-state index is 16.5. The number of likely N-dealkylation sites (N-methyl/N-ethyl adjacent to an activating group) is 1. The van der Waals surface area contributed by atoms with E-state index in [1.165, 1.54) is 12.3 Å². The first-order chi connectivity index (χ1) is 20.0. The van der Waals surface area contributed by atoms with Gasteiger partial charge in [0.05, 0.1) is 35.6 Å². The van der Waals surface area contributed by atoms with Crippen molar-refractivity contribution in [1.82, 2.24) is 15.2 Å². The fourth-order valence-corrected chi connectivity index (χ4v) is 5.53. The Hall–Kier alpha value is -3.71. The number of anilines is 3. The fraction of sp³-hybridized carbons (Fsp3) is 0.448. The molecule has 1 aromatic heterocycles. The highest BCUT2D eigenvalue weighted by Crippen LogP contribution is 2.41. The summed E-state index contributed by atoms with van der Waals surface area (Å²) in [6.07, 6.45) is -1.54. The highest BCUT2D eigenvalue weighted by molar-refractivity contribution is 6.09. The second kappa shape index (κ2) is 11.9. The molecular weight excluding hydrogens is 559 g/mol. The lowest BCUT2D eigenvalue weighted by Crippen LogP contribution is -2.55. The standard InChI is InChI=1S/C29H33F5N6O2/c1-17-15-40(16-18(2)38(17)3)23-13-22(30)25(19-4-7-36-24(12-19)39-8-10-42-11-9-39)26(31)27(23)37-28(41)20-14-35-6-5-21(20)29(32,33)34/h4-5,7,12-14,17-18,35H,6,8-11,15-16H2,1-3H3,(H,37,41)/t17-,18+. The molecule has 2 atom stereocenters. The average molecular weight is 593 g/mol. The van der Waals surface area contributed by atoms with Crippen molar-refractivity contribution in [3.8, 4) is 11.1 Å². The molecule has 2 aromatic rings. The average Bonchev–Trinajstić information content (AvgIpc) is 2.97. The predicted molar refractivity (Wildman–Crippen MR) is 150 cm³/mol. The van der Waals surface area contributed by atoms with Gasteiger partial charge in [0.25, 0.3) is 5.91 Å². The van der Waals surface area contributed by atoms with Crippen LogP contribution in [0, 0.1) is 11.6 Å². The van der Waals surface area contributed by atoms with Crippen molar-refractivity contribution in [2.45, 2.75) is 32.1 Å². The monoisotopic (exact) mass is 592 g/mol. The zero-order chi connectivity index (χ0) is 30.2. The minimum atomic E-state index is -4.80. The lowest BCUT2D eigenvalue weighted by molar-refractivity contribution is -0.115. The van der Waals surface area contributed by atoms with Crippen LogP contribution in [-0.4, -0.2) is 87.0 Å². The summed E-state index contributed by atoms with van der Waals surface area (Å²) in [5, 5.41) is 4.98. The maximum absolute atomic E-state index is 16.5. The summed E-state index contributed by atoms with van der Waals surface area (Å²) in [6.45, 7) is 6.67. The molecule has 0 spiro atoms. The third kappa shape index (κ3) is 5.93. The summed E-state index contributed by atoms with van der Waals surface area (Å²) in [4.78, 5) is 23.5. The number of morpholine rings is 1. The normalized spacial score (nSPS) is 21.9. The van der Waals surface area contributed by atoms with Gasteiger partial charge < -0.3 is 25.2 Å².